The molecule has 1 aromatic heterocycles. The van der Waals surface area contributed by atoms with Crippen LogP contribution in [0.2, 0.25) is 0 Å². The summed E-state index contributed by atoms with van der Waals surface area (Å²) in [4.78, 5) is 22.2. The number of fused-ring (bicyclic) bond motifs is 1. The Hall–Kier alpha value is -3.19. The van der Waals surface area contributed by atoms with Gasteiger partial charge in [-0.15, -0.1) is 5.10 Å². The number of sulfone groups is 1. The predicted molar refractivity (Wildman–Crippen MR) is 98.9 cm³/mol. The number of benzene rings is 2. The number of nitro benzene ring substituents is 1. The summed E-state index contributed by atoms with van der Waals surface area (Å²) in [5.41, 5.74) is -0.390. The molecule has 0 N–H and O–H groups in total. The highest BCUT2D eigenvalue weighted by Gasteiger charge is 2.24. The summed E-state index contributed by atoms with van der Waals surface area (Å²) < 4.78 is 41.2. The van der Waals surface area contributed by atoms with Crippen molar-refractivity contribution in [2.24, 2.45) is 0 Å². The van der Waals surface area contributed by atoms with Crippen LogP contribution in [0.3, 0.4) is 0 Å². The molecule has 13 heteroatoms. The van der Waals surface area contributed by atoms with Crippen LogP contribution < -0.4 is 9.74 Å². The Labute approximate surface area is 160 Å². The van der Waals surface area contributed by atoms with Crippen molar-refractivity contribution in [3.63, 3.8) is 0 Å². The number of aromatic nitrogens is 3. The molecule has 11 nitrogen and oxygen atoms in total. The molecule has 0 aliphatic carbocycles. The molecular formula is C15H12N4O7S2. The van der Waals surface area contributed by atoms with Crippen LogP contribution in [0.5, 0.6) is 5.75 Å². The maximum absolute atomic E-state index is 12.5. The van der Waals surface area contributed by atoms with E-state index in [1.54, 1.807) is 25.1 Å². The Balaban J connectivity index is 2.01. The first-order valence-corrected chi connectivity index (χ1v) is 10.5. The highest BCUT2D eigenvalue weighted by molar-refractivity contribution is 7.90. The normalized spacial score (nSPS) is 12.6. The zero-order chi connectivity index (χ0) is 20.6. The van der Waals surface area contributed by atoms with Crippen LogP contribution >= 0.6 is 0 Å². The molecule has 0 radical (unpaired) electrons. The summed E-state index contributed by atoms with van der Waals surface area (Å²) in [5, 5.41) is 18.6. The lowest BCUT2D eigenvalue weighted by Crippen LogP contribution is -2.29. The minimum Gasteiger partial charge on any atom is -0.383 e. The highest BCUT2D eigenvalue weighted by atomic mass is 32.2. The molecule has 1 unspecified atom stereocenters. The number of hydrogen-bond acceptors (Lipinski definition) is 9. The molecule has 0 saturated carbocycles. The summed E-state index contributed by atoms with van der Waals surface area (Å²) in [6.07, 6.45) is 0.820. The monoisotopic (exact) mass is 424 g/mol. The summed E-state index contributed by atoms with van der Waals surface area (Å²) in [6.45, 7) is 1.76. The van der Waals surface area contributed by atoms with Crippen molar-refractivity contribution >= 4 is 37.7 Å². The average Bonchev–Trinajstić information content (AvgIpc) is 2.61. The lowest BCUT2D eigenvalue weighted by atomic mass is 10.2. The zero-order valence-electron chi connectivity index (χ0n) is 14.4. The first-order valence-electron chi connectivity index (χ1n) is 7.53. The van der Waals surface area contributed by atoms with Crippen LogP contribution in [-0.4, -0.2) is 38.2 Å². The van der Waals surface area contributed by atoms with Gasteiger partial charge in [0.05, 0.1) is 16.4 Å². The topological polar surface area (TPSA) is 151 Å². The second kappa shape index (κ2) is 7.09. The second-order valence-electron chi connectivity index (χ2n) is 5.75. The van der Waals surface area contributed by atoms with Gasteiger partial charge in [-0.05, 0) is 36.4 Å². The van der Waals surface area contributed by atoms with Crippen LogP contribution in [0.15, 0.2) is 46.1 Å². The lowest BCUT2D eigenvalue weighted by Gasteiger charge is -2.07. The van der Waals surface area contributed by atoms with Crippen LogP contribution in [-0.2, 0) is 21.1 Å². The molecule has 1 atom stereocenters. The van der Waals surface area contributed by atoms with Crippen LogP contribution in [0.1, 0.15) is 5.56 Å². The van der Waals surface area contributed by atoms with Crippen LogP contribution in [0.4, 0.5) is 5.69 Å². The Morgan fingerprint density at radius 3 is 2.57 bits per heavy atom. The van der Waals surface area contributed by atoms with E-state index in [0.717, 1.165) is 30.0 Å². The first-order chi connectivity index (χ1) is 13.1. The summed E-state index contributed by atoms with van der Waals surface area (Å²) in [6, 6.07) is 7.71. The summed E-state index contributed by atoms with van der Waals surface area (Å²) in [7, 11) is -3.86. The molecule has 0 fully saturated rings. The van der Waals surface area contributed by atoms with E-state index in [1.165, 1.54) is 0 Å². The third-order valence-corrected chi connectivity index (χ3v) is 5.63. The Morgan fingerprint density at radius 1 is 1.21 bits per heavy atom. The van der Waals surface area contributed by atoms with E-state index in [0.29, 0.717) is 9.60 Å². The van der Waals surface area contributed by atoms with E-state index in [-0.39, 0.29) is 11.1 Å². The molecule has 28 heavy (non-hydrogen) atoms. The van der Waals surface area contributed by atoms with Gasteiger partial charge in [-0.2, -0.15) is 4.21 Å². The average molecular weight is 424 g/mol. The molecule has 3 aromatic rings. The molecule has 0 saturated heterocycles. The molecule has 3 rings (SSSR count). The summed E-state index contributed by atoms with van der Waals surface area (Å²) in [5.74, 6) is -0.282. The number of aryl methyl sites for hydroxylation is 1. The van der Waals surface area contributed by atoms with Crippen molar-refractivity contribution in [1.29, 1.82) is 0 Å². The lowest BCUT2D eigenvalue weighted by molar-refractivity contribution is -0.387. The van der Waals surface area contributed by atoms with Gasteiger partial charge < -0.3 is 4.18 Å². The maximum atomic E-state index is 12.5. The molecule has 1 heterocycles. The van der Waals surface area contributed by atoms with Gasteiger partial charge >= 0.3 is 11.3 Å². The minimum absolute atomic E-state index is 0.172. The van der Waals surface area contributed by atoms with Crippen LogP contribution in [0, 0.1) is 17.0 Å². The van der Waals surface area contributed by atoms with E-state index in [2.05, 4.69) is 10.3 Å². The molecule has 0 spiro atoms. The Bertz CT molecular complexity index is 1300. The number of nitro groups is 1. The van der Waals surface area contributed by atoms with Crippen molar-refractivity contribution < 1.29 is 21.7 Å². The third-order valence-electron chi connectivity index (χ3n) is 3.63. The van der Waals surface area contributed by atoms with Gasteiger partial charge in [0.2, 0.25) is 0 Å². The standard InChI is InChI=1S/C15H12N4O7S2/c1-9-3-5-12-11(7-9)15(20)18(17-16-12)27(23)26-10-4-6-14(28(2,24)25)13(8-10)19(21)22/h3-8H,1-2H3. The van der Waals surface area contributed by atoms with Gasteiger partial charge in [0.15, 0.2) is 9.84 Å². The van der Waals surface area contributed by atoms with E-state index in [4.69, 9.17) is 4.18 Å². The van der Waals surface area contributed by atoms with E-state index in [1.807, 2.05) is 0 Å². The van der Waals surface area contributed by atoms with Crippen molar-refractivity contribution in [2.75, 3.05) is 6.26 Å². The van der Waals surface area contributed by atoms with Gasteiger partial charge in [-0.25, -0.2) is 8.42 Å². The fourth-order valence-electron chi connectivity index (χ4n) is 2.36. The fourth-order valence-corrected chi connectivity index (χ4v) is 3.86. The second-order valence-corrected chi connectivity index (χ2v) is 8.68. The van der Waals surface area contributed by atoms with E-state index >= 15 is 0 Å². The van der Waals surface area contributed by atoms with Crippen molar-refractivity contribution in [3.05, 3.63) is 62.4 Å². The highest BCUT2D eigenvalue weighted by Crippen LogP contribution is 2.28. The SMILES string of the molecule is Cc1ccc2nnn(S(=O)Oc3ccc(S(C)(=O)=O)c([N+](=O)[O-])c3)c(=O)c2c1. The molecule has 0 amide bonds. The number of rotatable bonds is 5. The molecular weight excluding hydrogens is 412 g/mol. The fraction of sp³-hybridized carbons (Fsp3) is 0.133. The molecule has 2 aromatic carbocycles. The van der Waals surface area contributed by atoms with Gasteiger partial charge in [0.1, 0.15) is 16.2 Å². The maximum Gasteiger partial charge on any atom is 0.344 e. The molecule has 0 aliphatic rings. The Morgan fingerprint density at radius 2 is 1.93 bits per heavy atom. The van der Waals surface area contributed by atoms with E-state index < -0.39 is 42.2 Å². The zero-order valence-corrected chi connectivity index (χ0v) is 16.1. The Kier molecular flexibility index (Phi) is 4.95. The van der Waals surface area contributed by atoms with Crippen LogP contribution in [0.25, 0.3) is 10.9 Å². The van der Waals surface area contributed by atoms with Crippen molar-refractivity contribution in [1.82, 2.24) is 14.4 Å². The van der Waals surface area contributed by atoms with E-state index in [9.17, 15) is 27.5 Å². The predicted octanol–water partition coefficient (Wildman–Crippen LogP) is 0.917. The van der Waals surface area contributed by atoms with Crippen molar-refractivity contribution in [2.45, 2.75) is 11.8 Å². The molecule has 0 aliphatic heterocycles. The largest absolute Gasteiger partial charge is 0.383 e. The van der Waals surface area contributed by atoms with Crippen molar-refractivity contribution in [3.8, 4) is 5.75 Å². The molecule has 0 bridgehead atoms. The van der Waals surface area contributed by atoms with Gasteiger partial charge in [-0.1, -0.05) is 15.7 Å². The number of nitrogens with zero attached hydrogens (tertiary/aromatic N) is 4. The molecule has 146 valence electrons. The minimum atomic E-state index is -3.86. The summed E-state index contributed by atoms with van der Waals surface area (Å²) >= 11 is -2.50. The quantitative estimate of drug-likeness (QED) is 0.430. The van der Waals surface area contributed by atoms with Gasteiger partial charge in [-0.3, -0.25) is 14.9 Å². The van der Waals surface area contributed by atoms with Gasteiger partial charge in [0, 0.05) is 6.26 Å². The first kappa shape index (κ1) is 19.6. The third kappa shape index (κ3) is 3.75. The van der Waals surface area contributed by atoms with Gasteiger partial charge in [0.25, 0.3) is 11.2 Å². The smallest absolute Gasteiger partial charge is 0.344 e. The number of hydrogen-bond donors (Lipinski definition) is 0.